The molecule has 0 aliphatic heterocycles. The minimum Gasteiger partial charge on any atom is -0.497 e. The molecule has 0 unspecified atom stereocenters. The van der Waals surface area contributed by atoms with Gasteiger partial charge in [0.1, 0.15) is 11.5 Å². The molecule has 31 heavy (non-hydrogen) atoms. The van der Waals surface area contributed by atoms with Gasteiger partial charge in [-0.05, 0) is 48.0 Å². The summed E-state index contributed by atoms with van der Waals surface area (Å²) in [5, 5.41) is 9.39. The fourth-order valence-corrected chi connectivity index (χ4v) is 4.11. The third-order valence-electron chi connectivity index (χ3n) is 4.49. The number of nitrogens with zero attached hydrogens (tertiary/aromatic N) is 2. The predicted octanol–water partition coefficient (Wildman–Crippen LogP) is 3.28. The van der Waals surface area contributed by atoms with Crippen molar-refractivity contribution in [3.05, 3.63) is 84.2 Å². The van der Waals surface area contributed by atoms with Gasteiger partial charge in [-0.25, -0.2) is 8.42 Å². The van der Waals surface area contributed by atoms with E-state index < -0.39 is 10.0 Å². The maximum absolute atomic E-state index is 13.0. The zero-order valence-corrected chi connectivity index (χ0v) is 17.9. The molecule has 7 nitrogen and oxygen atoms in total. The van der Waals surface area contributed by atoms with Crippen molar-refractivity contribution < 1.29 is 23.0 Å². The molecule has 2 aromatic carbocycles. The number of methoxy groups -OCH3 is 1. The van der Waals surface area contributed by atoms with Crippen molar-refractivity contribution in [1.82, 2.24) is 9.29 Å². The molecule has 0 aliphatic rings. The number of sulfonamides is 1. The summed E-state index contributed by atoms with van der Waals surface area (Å²) in [6.45, 7) is -0.666. The van der Waals surface area contributed by atoms with Crippen LogP contribution in [0.25, 0.3) is 12.2 Å². The van der Waals surface area contributed by atoms with Crippen molar-refractivity contribution >= 4 is 22.2 Å². The zero-order valence-electron chi connectivity index (χ0n) is 17.1. The van der Waals surface area contributed by atoms with Gasteiger partial charge in [0, 0.05) is 24.5 Å². The standard InChI is InChI=1S/C23H24N2O5S/c1-29-21-8-10-22(11-9-21)31(27,28)25(16-17-26)18-30-23-5-3-2-4-20(23)7-6-19-12-14-24-15-13-19/h2-15,26H,16-18H2,1H3. The van der Waals surface area contributed by atoms with Crippen LogP contribution in [0.2, 0.25) is 0 Å². The van der Waals surface area contributed by atoms with Crippen LogP contribution in [-0.2, 0) is 10.0 Å². The molecule has 0 saturated heterocycles. The van der Waals surface area contributed by atoms with Gasteiger partial charge in [-0.1, -0.05) is 30.4 Å². The summed E-state index contributed by atoms with van der Waals surface area (Å²) in [6, 6.07) is 17.2. The summed E-state index contributed by atoms with van der Waals surface area (Å²) in [5.74, 6) is 1.08. The van der Waals surface area contributed by atoms with Gasteiger partial charge in [-0.15, -0.1) is 0 Å². The summed E-state index contributed by atoms with van der Waals surface area (Å²) in [4.78, 5) is 4.09. The molecule has 1 aromatic heterocycles. The Morgan fingerprint density at radius 1 is 1.00 bits per heavy atom. The average molecular weight is 441 g/mol. The van der Waals surface area contributed by atoms with E-state index in [4.69, 9.17) is 9.47 Å². The molecule has 3 rings (SSSR count). The highest BCUT2D eigenvalue weighted by Crippen LogP contribution is 2.23. The van der Waals surface area contributed by atoms with Crippen LogP contribution in [0.4, 0.5) is 0 Å². The summed E-state index contributed by atoms with van der Waals surface area (Å²) >= 11 is 0. The number of hydrogen-bond donors (Lipinski definition) is 1. The highest BCUT2D eigenvalue weighted by atomic mass is 32.2. The average Bonchev–Trinajstić information content (AvgIpc) is 2.81. The Morgan fingerprint density at radius 2 is 1.71 bits per heavy atom. The first-order chi connectivity index (χ1) is 15.0. The van der Waals surface area contributed by atoms with Gasteiger partial charge in [0.2, 0.25) is 10.0 Å². The lowest BCUT2D eigenvalue weighted by Crippen LogP contribution is -2.36. The highest BCUT2D eigenvalue weighted by molar-refractivity contribution is 7.89. The third-order valence-corrected chi connectivity index (χ3v) is 6.33. The molecule has 0 radical (unpaired) electrons. The van der Waals surface area contributed by atoms with Crippen LogP contribution < -0.4 is 9.47 Å². The van der Waals surface area contributed by atoms with Gasteiger partial charge in [-0.3, -0.25) is 4.98 Å². The molecule has 0 saturated carbocycles. The quantitative estimate of drug-likeness (QED) is 0.487. The number of ether oxygens (including phenoxy) is 2. The van der Waals surface area contributed by atoms with E-state index in [-0.39, 0.29) is 24.8 Å². The maximum Gasteiger partial charge on any atom is 0.245 e. The smallest absolute Gasteiger partial charge is 0.245 e. The van der Waals surface area contributed by atoms with Crippen molar-refractivity contribution in [1.29, 1.82) is 0 Å². The Morgan fingerprint density at radius 3 is 2.39 bits per heavy atom. The zero-order chi connectivity index (χ0) is 22.1. The largest absolute Gasteiger partial charge is 0.497 e. The van der Waals surface area contributed by atoms with E-state index in [0.717, 1.165) is 15.4 Å². The minimum atomic E-state index is -3.86. The number of rotatable bonds is 10. The Kier molecular flexibility index (Phi) is 7.77. The van der Waals surface area contributed by atoms with E-state index in [1.165, 1.54) is 19.2 Å². The lowest BCUT2D eigenvalue weighted by Gasteiger charge is -2.22. The fraction of sp³-hybridized carbons (Fsp3) is 0.174. The van der Waals surface area contributed by atoms with Crippen LogP contribution in [0.5, 0.6) is 11.5 Å². The molecule has 0 atom stereocenters. The predicted molar refractivity (Wildman–Crippen MR) is 119 cm³/mol. The van der Waals surface area contributed by atoms with E-state index >= 15 is 0 Å². The number of para-hydroxylation sites is 1. The topological polar surface area (TPSA) is 89.0 Å². The lowest BCUT2D eigenvalue weighted by atomic mass is 10.1. The van der Waals surface area contributed by atoms with E-state index in [0.29, 0.717) is 11.5 Å². The normalized spacial score (nSPS) is 11.7. The molecule has 0 aliphatic carbocycles. The van der Waals surface area contributed by atoms with Crippen molar-refractivity contribution in [3.8, 4) is 11.5 Å². The fourth-order valence-electron chi connectivity index (χ4n) is 2.81. The number of aliphatic hydroxyl groups is 1. The maximum atomic E-state index is 13.0. The van der Waals surface area contributed by atoms with Crippen LogP contribution in [0.3, 0.4) is 0 Å². The molecule has 0 spiro atoms. The van der Waals surface area contributed by atoms with Crippen molar-refractivity contribution in [2.45, 2.75) is 4.90 Å². The van der Waals surface area contributed by atoms with Crippen LogP contribution in [0.15, 0.2) is 78.0 Å². The van der Waals surface area contributed by atoms with E-state index in [1.807, 2.05) is 42.5 Å². The second-order valence-corrected chi connectivity index (χ2v) is 8.44. The Bertz CT molecular complexity index is 1100. The van der Waals surface area contributed by atoms with Crippen LogP contribution in [0.1, 0.15) is 11.1 Å². The Labute approximate surface area is 182 Å². The molecule has 0 fully saturated rings. The van der Waals surface area contributed by atoms with Gasteiger partial charge in [-0.2, -0.15) is 4.31 Å². The summed E-state index contributed by atoms with van der Waals surface area (Å²) in [7, 11) is -2.35. The molecule has 8 heteroatoms. The Hall–Kier alpha value is -3.20. The molecule has 1 heterocycles. The first kappa shape index (κ1) is 22.5. The van der Waals surface area contributed by atoms with Gasteiger partial charge in [0.15, 0.2) is 6.73 Å². The summed E-state index contributed by atoms with van der Waals surface area (Å²) < 4.78 is 38.0. The van der Waals surface area contributed by atoms with Crippen LogP contribution in [-0.4, -0.2) is 49.8 Å². The van der Waals surface area contributed by atoms with Gasteiger partial charge in [0.25, 0.3) is 0 Å². The molecule has 162 valence electrons. The number of aliphatic hydroxyl groups excluding tert-OH is 1. The highest BCUT2D eigenvalue weighted by Gasteiger charge is 2.25. The number of aromatic nitrogens is 1. The molecule has 3 aromatic rings. The van der Waals surface area contributed by atoms with Crippen LogP contribution >= 0.6 is 0 Å². The molecule has 0 bridgehead atoms. The van der Waals surface area contributed by atoms with Crippen molar-refractivity contribution in [2.24, 2.45) is 0 Å². The van der Waals surface area contributed by atoms with Gasteiger partial charge >= 0.3 is 0 Å². The first-order valence-corrected chi connectivity index (χ1v) is 11.0. The molecular weight excluding hydrogens is 416 g/mol. The van der Waals surface area contributed by atoms with E-state index in [1.54, 1.807) is 30.6 Å². The SMILES string of the molecule is COc1ccc(S(=O)(=O)N(CCO)COc2ccccc2C=Cc2ccncc2)cc1. The number of hydrogen-bond acceptors (Lipinski definition) is 6. The third kappa shape index (κ3) is 5.91. The first-order valence-electron chi connectivity index (χ1n) is 9.59. The van der Waals surface area contributed by atoms with E-state index in [2.05, 4.69) is 4.98 Å². The summed E-state index contributed by atoms with van der Waals surface area (Å²) in [5.41, 5.74) is 1.78. The Balaban J connectivity index is 1.78. The van der Waals surface area contributed by atoms with Crippen molar-refractivity contribution in [3.63, 3.8) is 0 Å². The van der Waals surface area contributed by atoms with Gasteiger partial charge in [0.05, 0.1) is 18.6 Å². The molecular formula is C23H24N2O5S. The van der Waals surface area contributed by atoms with Crippen molar-refractivity contribution in [2.75, 3.05) is 27.0 Å². The molecule has 0 amide bonds. The summed E-state index contributed by atoms with van der Waals surface area (Å²) in [6.07, 6.45) is 7.22. The minimum absolute atomic E-state index is 0.0937. The monoisotopic (exact) mass is 440 g/mol. The van der Waals surface area contributed by atoms with Gasteiger partial charge < -0.3 is 14.6 Å². The second kappa shape index (κ2) is 10.7. The lowest BCUT2D eigenvalue weighted by molar-refractivity contribution is 0.170. The van der Waals surface area contributed by atoms with Crippen LogP contribution in [0, 0.1) is 0 Å². The second-order valence-electron chi connectivity index (χ2n) is 6.50. The molecule has 1 N–H and O–H groups in total. The van der Waals surface area contributed by atoms with E-state index in [9.17, 15) is 13.5 Å². The number of benzene rings is 2. The number of pyridine rings is 1.